The van der Waals surface area contributed by atoms with Crippen molar-refractivity contribution < 1.29 is 9.21 Å². The van der Waals surface area contributed by atoms with Crippen molar-refractivity contribution in [3.05, 3.63) is 59.0 Å². The van der Waals surface area contributed by atoms with E-state index in [0.29, 0.717) is 23.8 Å². The van der Waals surface area contributed by atoms with E-state index in [1.165, 1.54) is 5.56 Å². The predicted molar refractivity (Wildman–Crippen MR) is 75.4 cm³/mol. The summed E-state index contributed by atoms with van der Waals surface area (Å²) in [5.74, 6) is 1.65. The Bertz CT molecular complexity index is 557. The van der Waals surface area contributed by atoms with E-state index in [-0.39, 0.29) is 5.91 Å². The largest absolute Gasteiger partial charge is 0.466 e. The zero-order valence-electron chi connectivity index (χ0n) is 11.6. The molecule has 0 saturated carbocycles. The van der Waals surface area contributed by atoms with Crippen LogP contribution in [0.1, 0.15) is 40.3 Å². The van der Waals surface area contributed by atoms with Gasteiger partial charge in [0.25, 0.3) is 5.91 Å². The molecule has 0 fully saturated rings. The first-order valence-electron chi connectivity index (χ1n) is 6.48. The summed E-state index contributed by atoms with van der Waals surface area (Å²) in [6.07, 6.45) is 0. The van der Waals surface area contributed by atoms with E-state index in [1.807, 2.05) is 32.0 Å². The van der Waals surface area contributed by atoms with Crippen LogP contribution in [0.15, 0.2) is 40.8 Å². The second kappa shape index (κ2) is 5.74. The monoisotopic (exact) mass is 257 g/mol. The van der Waals surface area contributed by atoms with Crippen molar-refractivity contribution in [2.45, 2.75) is 26.7 Å². The zero-order chi connectivity index (χ0) is 13.8. The van der Waals surface area contributed by atoms with E-state index in [0.717, 1.165) is 5.76 Å². The molecule has 2 rings (SSSR count). The fraction of sp³-hybridized carbons (Fsp3) is 0.312. The van der Waals surface area contributed by atoms with Crippen molar-refractivity contribution >= 4 is 5.91 Å². The summed E-state index contributed by atoms with van der Waals surface area (Å²) in [6.45, 7) is 6.37. The number of aryl methyl sites for hydroxylation is 2. The molecule has 3 nitrogen and oxygen atoms in total. The Morgan fingerprint density at radius 1 is 1.26 bits per heavy atom. The highest BCUT2D eigenvalue weighted by molar-refractivity contribution is 5.95. The first-order chi connectivity index (χ1) is 9.08. The van der Waals surface area contributed by atoms with Gasteiger partial charge in [-0.25, -0.2) is 0 Å². The quantitative estimate of drug-likeness (QED) is 0.911. The topological polar surface area (TPSA) is 42.2 Å². The van der Waals surface area contributed by atoms with E-state index in [2.05, 4.69) is 24.4 Å². The van der Waals surface area contributed by atoms with Crippen molar-refractivity contribution in [2.24, 2.45) is 0 Å². The number of furan rings is 1. The van der Waals surface area contributed by atoms with Crippen LogP contribution >= 0.6 is 0 Å². The fourth-order valence-corrected chi connectivity index (χ4v) is 2.10. The molecule has 1 amide bonds. The van der Waals surface area contributed by atoms with Crippen LogP contribution in [-0.4, -0.2) is 12.5 Å². The van der Waals surface area contributed by atoms with Gasteiger partial charge in [-0.2, -0.15) is 0 Å². The first kappa shape index (κ1) is 13.4. The number of carbonyl (C=O) groups is 1. The van der Waals surface area contributed by atoms with Crippen LogP contribution in [0.25, 0.3) is 0 Å². The Kier molecular flexibility index (Phi) is 4.05. The Balaban J connectivity index is 1.96. The molecule has 1 atom stereocenters. The molecule has 1 aromatic carbocycles. The highest BCUT2D eigenvalue weighted by Gasteiger charge is 2.14. The molecule has 19 heavy (non-hydrogen) atoms. The van der Waals surface area contributed by atoms with Gasteiger partial charge in [0.1, 0.15) is 11.5 Å². The minimum absolute atomic E-state index is 0.0721. The third-order valence-electron chi connectivity index (χ3n) is 3.22. The van der Waals surface area contributed by atoms with Crippen molar-refractivity contribution in [1.29, 1.82) is 0 Å². The molecule has 1 heterocycles. The van der Waals surface area contributed by atoms with E-state index in [1.54, 1.807) is 6.07 Å². The number of rotatable bonds is 4. The Hall–Kier alpha value is -2.03. The molecule has 0 unspecified atom stereocenters. The molecule has 0 bridgehead atoms. The summed E-state index contributed by atoms with van der Waals surface area (Å²) in [5.41, 5.74) is 1.85. The summed E-state index contributed by atoms with van der Waals surface area (Å²) >= 11 is 0. The average Bonchev–Trinajstić information content (AvgIpc) is 2.75. The molecule has 0 aliphatic heterocycles. The minimum Gasteiger partial charge on any atom is -0.466 e. The summed E-state index contributed by atoms with van der Waals surface area (Å²) in [6, 6.07) is 11.9. The van der Waals surface area contributed by atoms with Crippen molar-refractivity contribution in [3.63, 3.8) is 0 Å². The van der Waals surface area contributed by atoms with Gasteiger partial charge in [-0.15, -0.1) is 0 Å². The molecular formula is C16H19NO2. The lowest BCUT2D eigenvalue weighted by Crippen LogP contribution is -2.27. The standard InChI is InChI=1S/C16H19NO2/c1-11(14-7-5-4-6-8-14)10-17-16(18)15-9-12(2)19-13(15)3/h4-9,11H,10H2,1-3H3,(H,17,18)/t11-/m1/s1. The lowest BCUT2D eigenvalue weighted by molar-refractivity contribution is 0.0950. The molecule has 2 aromatic rings. The Labute approximate surface area is 113 Å². The number of hydrogen-bond acceptors (Lipinski definition) is 2. The second-order valence-corrected chi connectivity index (χ2v) is 4.85. The maximum absolute atomic E-state index is 12.0. The van der Waals surface area contributed by atoms with Crippen LogP contribution in [0.4, 0.5) is 0 Å². The van der Waals surface area contributed by atoms with Crippen LogP contribution in [0.2, 0.25) is 0 Å². The number of nitrogens with one attached hydrogen (secondary N) is 1. The van der Waals surface area contributed by atoms with Gasteiger partial charge in [0, 0.05) is 6.54 Å². The Morgan fingerprint density at radius 3 is 2.53 bits per heavy atom. The van der Waals surface area contributed by atoms with Gasteiger partial charge in [0.15, 0.2) is 0 Å². The second-order valence-electron chi connectivity index (χ2n) is 4.85. The number of carbonyl (C=O) groups excluding carboxylic acids is 1. The average molecular weight is 257 g/mol. The molecule has 0 saturated heterocycles. The normalized spacial score (nSPS) is 12.2. The predicted octanol–water partition coefficient (Wildman–Crippen LogP) is 3.43. The number of amides is 1. The number of benzene rings is 1. The third kappa shape index (κ3) is 3.25. The molecule has 1 N–H and O–H groups in total. The highest BCUT2D eigenvalue weighted by Crippen LogP contribution is 2.15. The van der Waals surface area contributed by atoms with Gasteiger partial charge in [-0.1, -0.05) is 37.3 Å². The molecule has 100 valence electrons. The van der Waals surface area contributed by atoms with Crippen LogP contribution in [0, 0.1) is 13.8 Å². The molecule has 0 aliphatic rings. The van der Waals surface area contributed by atoms with E-state index >= 15 is 0 Å². The van der Waals surface area contributed by atoms with E-state index < -0.39 is 0 Å². The van der Waals surface area contributed by atoms with Gasteiger partial charge in [-0.05, 0) is 31.4 Å². The first-order valence-corrected chi connectivity index (χ1v) is 6.48. The number of hydrogen-bond donors (Lipinski definition) is 1. The highest BCUT2D eigenvalue weighted by atomic mass is 16.3. The van der Waals surface area contributed by atoms with Gasteiger partial charge in [0.05, 0.1) is 5.56 Å². The molecule has 0 spiro atoms. The maximum atomic E-state index is 12.0. The smallest absolute Gasteiger partial charge is 0.254 e. The summed E-state index contributed by atoms with van der Waals surface area (Å²) < 4.78 is 5.37. The van der Waals surface area contributed by atoms with Crippen LogP contribution in [-0.2, 0) is 0 Å². The van der Waals surface area contributed by atoms with Gasteiger partial charge in [-0.3, -0.25) is 4.79 Å². The van der Waals surface area contributed by atoms with Crippen LogP contribution in [0.5, 0.6) is 0 Å². The van der Waals surface area contributed by atoms with Crippen LogP contribution in [0.3, 0.4) is 0 Å². The molecule has 0 aliphatic carbocycles. The van der Waals surface area contributed by atoms with E-state index in [9.17, 15) is 4.79 Å². The summed E-state index contributed by atoms with van der Waals surface area (Å²) in [4.78, 5) is 12.0. The summed E-state index contributed by atoms with van der Waals surface area (Å²) in [5, 5.41) is 2.95. The SMILES string of the molecule is Cc1cc(C(=O)NC[C@@H](C)c2ccccc2)c(C)o1. The third-order valence-corrected chi connectivity index (χ3v) is 3.22. The molecule has 1 aromatic heterocycles. The van der Waals surface area contributed by atoms with Gasteiger partial charge >= 0.3 is 0 Å². The molecular weight excluding hydrogens is 238 g/mol. The summed E-state index contributed by atoms with van der Waals surface area (Å²) in [7, 11) is 0. The van der Waals surface area contributed by atoms with E-state index in [4.69, 9.17) is 4.42 Å². The van der Waals surface area contributed by atoms with Gasteiger partial charge < -0.3 is 9.73 Å². The van der Waals surface area contributed by atoms with Gasteiger partial charge in [0.2, 0.25) is 0 Å². The van der Waals surface area contributed by atoms with Crippen molar-refractivity contribution in [2.75, 3.05) is 6.54 Å². The van der Waals surface area contributed by atoms with Crippen LogP contribution < -0.4 is 5.32 Å². The minimum atomic E-state index is -0.0721. The Morgan fingerprint density at radius 2 is 1.95 bits per heavy atom. The maximum Gasteiger partial charge on any atom is 0.254 e. The van der Waals surface area contributed by atoms with Crippen molar-refractivity contribution in [3.8, 4) is 0 Å². The lowest BCUT2D eigenvalue weighted by Gasteiger charge is -2.12. The lowest BCUT2D eigenvalue weighted by atomic mass is 10.0. The van der Waals surface area contributed by atoms with Crippen molar-refractivity contribution in [1.82, 2.24) is 5.32 Å². The zero-order valence-corrected chi connectivity index (χ0v) is 11.6. The molecule has 0 radical (unpaired) electrons. The fourth-order valence-electron chi connectivity index (χ4n) is 2.10. The molecule has 3 heteroatoms.